The van der Waals surface area contributed by atoms with E-state index >= 15 is 0 Å². The Bertz CT molecular complexity index is 1250. The second-order valence-electron chi connectivity index (χ2n) is 10.2. The number of aromatic nitrogens is 1. The normalized spacial score (nSPS) is 22.6. The first kappa shape index (κ1) is 24.7. The number of nitrogens with zero attached hydrogens (tertiary/aromatic N) is 2. The minimum Gasteiger partial charge on any atom is -0.356 e. The van der Waals surface area contributed by atoms with E-state index < -0.39 is 9.84 Å². The van der Waals surface area contributed by atoms with Gasteiger partial charge in [0, 0.05) is 22.4 Å². The topological polar surface area (TPSA) is 63.4 Å². The Morgan fingerprint density at radius 3 is 2.37 bits per heavy atom. The SMILES string of the molecule is O=S(=O)(CC1CCC(CCN2CCC(c3noc4cc(F)ccc34)CC2)CC1)c1ccc(Cl)cc1. The zero-order valence-corrected chi connectivity index (χ0v) is 21.4. The highest BCUT2D eigenvalue weighted by Gasteiger charge is 2.28. The van der Waals surface area contributed by atoms with E-state index in [4.69, 9.17) is 16.1 Å². The molecule has 1 aliphatic heterocycles. The van der Waals surface area contributed by atoms with Crippen LogP contribution < -0.4 is 0 Å². The predicted octanol–water partition coefficient (Wildman–Crippen LogP) is 6.47. The number of rotatable bonds is 7. The van der Waals surface area contributed by atoms with Gasteiger partial charge in [-0.2, -0.15) is 0 Å². The summed E-state index contributed by atoms with van der Waals surface area (Å²) in [4.78, 5) is 2.91. The lowest BCUT2D eigenvalue weighted by atomic mass is 9.81. The maximum absolute atomic E-state index is 13.4. The van der Waals surface area contributed by atoms with E-state index in [1.807, 2.05) is 0 Å². The largest absolute Gasteiger partial charge is 0.356 e. The molecule has 1 aromatic heterocycles. The third-order valence-corrected chi connectivity index (χ3v) is 10.0. The smallest absolute Gasteiger partial charge is 0.178 e. The van der Waals surface area contributed by atoms with Gasteiger partial charge in [0.15, 0.2) is 15.4 Å². The molecule has 2 heterocycles. The fourth-order valence-electron chi connectivity index (χ4n) is 5.76. The number of hydrogen-bond donors (Lipinski definition) is 0. The first-order chi connectivity index (χ1) is 16.9. The van der Waals surface area contributed by atoms with Crippen molar-refractivity contribution in [2.75, 3.05) is 25.4 Å². The summed E-state index contributed by atoms with van der Waals surface area (Å²) in [7, 11) is -3.26. The molecular formula is C27H32ClFN2O3S. The average Bonchev–Trinajstić information content (AvgIpc) is 3.27. The summed E-state index contributed by atoms with van der Waals surface area (Å²) in [5, 5.41) is 5.73. The summed E-state index contributed by atoms with van der Waals surface area (Å²) >= 11 is 5.90. The Hall–Kier alpha value is -1.96. The van der Waals surface area contributed by atoms with Gasteiger partial charge in [-0.15, -0.1) is 0 Å². The molecule has 1 saturated carbocycles. The van der Waals surface area contributed by atoms with Crippen LogP contribution in [-0.2, 0) is 9.84 Å². The zero-order chi connectivity index (χ0) is 24.4. The molecule has 5 nitrogen and oxygen atoms in total. The Balaban J connectivity index is 1.05. The predicted molar refractivity (Wildman–Crippen MR) is 136 cm³/mol. The van der Waals surface area contributed by atoms with E-state index in [-0.39, 0.29) is 17.5 Å². The number of benzene rings is 2. The van der Waals surface area contributed by atoms with Gasteiger partial charge < -0.3 is 9.42 Å². The molecule has 35 heavy (non-hydrogen) atoms. The molecule has 0 bridgehead atoms. The van der Waals surface area contributed by atoms with Crippen LogP contribution in [0.25, 0.3) is 11.0 Å². The minimum absolute atomic E-state index is 0.234. The average molecular weight is 519 g/mol. The summed E-state index contributed by atoms with van der Waals surface area (Å²) in [6.07, 6.45) is 7.44. The first-order valence-corrected chi connectivity index (χ1v) is 14.7. The van der Waals surface area contributed by atoms with E-state index in [2.05, 4.69) is 10.1 Å². The van der Waals surface area contributed by atoms with Crippen molar-refractivity contribution in [2.45, 2.75) is 55.8 Å². The van der Waals surface area contributed by atoms with Crippen molar-refractivity contribution in [1.82, 2.24) is 10.1 Å². The highest BCUT2D eigenvalue weighted by Crippen LogP contribution is 2.35. The maximum atomic E-state index is 13.4. The van der Waals surface area contributed by atoms with Gasteiger partial charge in [0.2, 0.25) is 0 Å². The molecule has 188 valence electrons. The van der Waals surface area contributed by atoms with E-state index in [1.165, 1.54) is 18.6 Å². The quantitative estimate of drug-likeness (QED) is 0.358. The molecule has 1 aliphatic carbocycles. The lowest BCUT2D eigenvalue weighted by Gasteiger charge is -2.34. The van der Waals surface area contributed by atoms with Gasteiger partial charge in [-0.05, 0) is 100.0 Å². The number of sulfone groups is 1. The fourth-order valence-corrected chi connectivity index (χ4v) is 7.58. The molecule has 0 N–H and O–H groups in total. The highest BCUT2D eigenvalue weighted by atomic mass is 35.5. The van der Waals surface area contributed by atoms with Crippen molar-refractivity contribution < 1.29 is 17.3 Å². The molecule has 0 spiro atoms. The zero-order valence-electron chi connectivity index (χ0n) is 19.8. The van der Waals surface area contributed by atoms with Crippen LogP contribution in [0, 0.1) is 17.7 Å². The second kappa shape index (κ2) is 10.6. The van der Waals surface area contributed by atoms with Gasteiger partial charge in [-0.3, -0.25) is 0 Å². The Kier molecular flexibility index (Phi) is 7.47. The van der Waals surface area contributed by atoms with Crippen LogP contribution in [0.5, 0.6) is 0 Å². The van der Waals surface area contributed by atoms with Crippen LogP contribution in [0.2, 0.25) is 5.02 Å². The summed E-state index contributed by atoms with van der Waals surface area (Å²) < 4.78 is 44.3. The van der Waals surface area contributed by atoms with Gasteiger partial charge in [0.25, 0.3) is 0 Å². The van der Waals surface area contributed by atoms with Crippen molar-refractivity contribution in [3.63, 3.8) is 0 Å². The lowest BCUT2D eigenvalue weighted by molar-refractivity contribution is 0.180. The molecule has 1 saturated heterocycles. The summed E-state index contributed by atoms with van der Waals surface area (Å²) in [5.74, 6) is 1.21. The van der Waals surface area contributed by atoms with Crippen molar-refractivity contribution >= 4 is 32.4 Å². The lowest BCUT2D eigenvalue weighted by Crippen LogP contribution is -2.35. The molecule has 8 heteroatoms. The number of likely N-dealkylation sites (tertiary alicyclic amines) is 1. The van der Waals surface area contributed by atoms with Gasteiger partial charge >= 0.3 is 0 Å². The van der Waals surface area contributed by atoms with Gasteiger partial charge in [-0.25, -0.2) is 12.8 Å². The van der Waals surface area contributed by atoms with Crippen LogP contribution in [0.1, 0.15) is 56.6 Å². The number of halogens is 2. The Morgan fingerprint density at radius 1 is 0.971 bits per heavy atom. The van der Waals surface area contributed by atoms with E-state index in [9.17, 15) is 12.8 Å². The van der Waals surface area contributed by atoms with Crippen molar-refractivity contribution in [3.8, 4) is 0 Å². The van der Waals surface area contributed by atoms with E-state index in [0.29, 0.717) is 27.3 Å². The van der Waals surface area contributed by atoms with Gasteiger partial charge in [-0.1, -0.05) is 29.6 Å². The first-order valence-electron chi connectivity index (χ1n) is 12.6. The van der Waals surface area contributed by atoms with Crippen LogP contribution in [-0.4, -0.2) is 43.9 Å². The monoisotopic (exact) mass is 518 g/mol. The van der Waals surface area contributed by atoms with Crippen LogP contribution in [0.3, 0.4) is 0 Å². The minimum atomic E-state index is -3.26. The van der Waals surface area contributed by atoms with Crippen LogP contribution >= 0.6 is 11.6 Å². The van der Waals surface area contributed by atoms with E-state index in [1.54, 1.807) is 30.3 Å². The molecule has 2 aromatic carbocycles. The molecule has 2 aliphatic rings. The molecule has 0 atom stereocenters. The Morgan fingerprint density at radius 2 is 1.66 bits per heavy atom. The maximum Gasteiger partial charge on any atom is 0.178 e. The van der Waals surface area contributed by atoms with Crippen molar-refractivity contribution in [2.24, 2.45) is 11.8 Å². The second-order valence-corrected chi connectivity index (χ2v) is 12.7. The summed E-state index contributed by atoms with van der Waals surface area (Å²) in [5.41, 5.74) is 1.49. The van der Waals surface area contributed by atoms with E-state index in [0.717, 1.165) is 69.2 Å². The number of piperidine rings is 1. The molecule has 0 amide bonds. The van der Waals surface area contributed by atoms with Crippen molar-refractivity contribution in [3.05, 3.63) is 59.0 Å². The summed E-state index contributed by atoms with van der Waals surface area (Å²) in [6.45, 7) is 3.17. The van der Waals surface area contributed by atoms with Crippen molar-refractivity contribution in [1.29, 1.82) is 0 Å². The third kappa shape index (κ3) is 5.89. The number of fused-ring (bicyclic) bond motifs is 1. The third-order valence-electron chi connectivity index (χ3n) is 7.88. The van der Waals surface area contributed by atoms with Crippen LogP contribution in [0.15, 0.2) is 51.9 Å². The highest BCUT2D eigenvalue weighted by molar-refractivity contribution is 7.91. The molecule has 3 aromatic rings. The molecule has 2 fully saturated rings. The molecule has 0 radical (unpaired) electrons. The van der Waals surface area contributed by atoms with Gasteiger partial charge in [0.1, 0.15) is 5.82 Å². The summed E-state index contributed by atoms with van der Waals surface area (Å²) in [6, 6.07) is 11.2. The molecule has 5 rings (SSSR count). The molecule has 0 unspecified atom stereocenters. The molecular weight excluding hydrogens is 487 g/mol. The fraction of sp³-hybridized carbons (Fsp3) is 0.519. The standard InChI is InChI=1S/C27H32ClFN2O3S/c28-22-5-8-24(9-6-22)35(32,33)18-20-3-1-19(2-4-20)11-14-31-15-12-21(13-16-31)27-25-10-7-23(29)17-26(25)34-30-27/h5-10,17,19-21H,1-4,11-16,18H2. The Labute approximate surface area is 211 Å². The van der Waals surface area contributed by atoms with Crippen LogP contribution in [0.4, 0.5) is 4.39 Å². The number of hydrogen-bond acceptors (Lipinski definition) is 5. The van der Waals surface area contributed by atoms with Gasteiger partial charge in [0.05, 0.1) is 16.3 Å².